The van der Waals surface area contributed by atoms with Crippen molar-refractivity contribution in [3.05, 3.63) is 34.9 Å². The molecule has 2 heteroatoms. The van der Waals surface area contributed by atoms with Crippen molar-refractivity contribution < 1.29 is 4.74 Å². The Morgan fingerprint density at radius 3 is 2.44 bits per heavy atom. The first-order chi connectivity index (χ1) is 7.65. The number of rotatable bonds is 5. The minimum absolute atomic E-state index is 0.0114. The number of benzene rings is 1. The topological polar surface area (TPSA) is 35.2 Å². The molecule has 1 unspecified atom stereocenters. The molecular weight excluding hydrogens is 198 g/mol. The van der Waals surface area contributed by atoms with Crippen LogP contribution in [0, 0.1) is 19.8 Å². The van der Waals surface area contributed by atoms with Crippen LogP contribution in [-0.4, -0.2) is 13.2 Å². The van der Waals surface area contributed by atoms with E-state index in [1.807, 2.05) is 0 Å². The number of ether oxygens (including phenoxy) is 1. The fourth-order valence-corrected chi connectivity index (χ4v) is 1.97. The zero-order chi connectivity index (χ0) is 11.5. The van der Waals surface area contributed by atoms with Crippen LogP contribution in [0.3, 0.4) is 0 Å². The molecule has 0 radical (unpaired) electrons. The Hall–Kier alpha value is -0.860. The second-order valence-corrected chi connectivity index (χ2v) is 5.01. The quantitative estimate of drug-likeness (QED) is 0.826. The highest BCUT2D eigenvalue weighted by Gasteiger charge is 2.21. The van der Waals surface area contributed by atoms with Crippen molar-refractivity contribution in [2.45, 2.75) is 32.7 Å². The van der Waals surface area contributed by atoms with Crippen molar-refractivity contribution in [1.29, 1.82) is 0 Å². The van der Waals surface area contributed by atoms with Gasteiger partial charge in [0.15, 0.2) is 0 Å². The molecule has 1 atom stereocenters. The lowest BCUT2D eigenvalue weighted by Gasteiger charge is -2.14. The lowest BCUT2D eigenvalue weighted by atomic mass is 10.0. The van der Waals surface area contributed by atoms with Crippen LogP contribution < -0.4 is 5.73 Å². The summed E-state index contributed by atoms with van der Waals surface area (Å²) in [6.45, 7) is 5.74. The summed E-state index contributed by atoms with van der Waals surface area (Å²) in [5.41, 5.74) is 9.84. The molecule has 0 heterocycles. The van der Waals surface area contributed by atoms with E-state index < -0.39 is 0 Å². The molecule has 1 aliphatic carbocycles. The van der Waals surface area contributed by atoms with Gasteiger partial charge in [-0.25, -0.2) is 0 Å². The maximum absolute atomic E-state index is 6.11. The molecule has 0 amide bonds. The Bertz CT molecular complexity index is 338. The molecule has 1 saturated carbocycles. The summed E-state index contributed by atoms with van der Waals surface area (Å²) in [5.74, 6) is 0.812. The summed E-state index contributed by atoms with van der Waals surface area (Å²) in [4.78, 5) is 0. The Labute approximate surface area is 97.8 Å². The van der Waals surface area contributed by atoms with Crippen LogP contribution in [0.25, 0.3) is 0 Å². The standard InChI is InChI=1S/C14H21NO/c1-10-5-11(2)7-13(6-10)14(15)9-16-8-12-3-4-12/h5-7,12,14H,3-4,8-9,15H2,1-2H3. The van der Waals surface area contributed by atoms with Gasteiger partial charge in [0, 0.05) is 6.61 Å². The van der Waals surface area contributed by atoms with Gasteiger partial charge in [0.2, 0.25) is 0 Å². The van der Waals surface area contributed by atoms with Crippen LogP contribution in [0.15, 0.2) is 18.2 Å². The fraction of sp³-hybridized carbons (Fsp3) is 0.571. The summed E-state index contributed by atoms with van der Waals surface area (Å²) in [7, 11) is 0. The molecule has 0 bridgehead atoms. The fourth-order valence-electron chi connectivity index (χ4n) is 1.97. The van der Waals surface area contributed by atoms with E-state index in [0.717, 1.165) is 12.5 Å². The first-order valence-corrected chi connectivity index (χ1v) is 6.06. The van der Waals surface area contributed by atoms with E-state index >= 15 is 0 Å². The molecule has 0 spiro atoms. The molecule has 0 aromatic heterocycles. The smallest absolute Gasteiger partial charge is 0.0659 e. The zero-order valence-electron chi connectivity index (χ0n) is 10.2. The van der Waals surface area contributed by atoms with Gasteiger partial charge >= 0.3 is 0 Å². The molecule has 2 nitrogen and oxygen atoms in total. The van der Waals surface area contributed by atoms with Gasteiger partial charge in [-0.2, -0.15) is 0 Å². The highest BCUT2D eigenvalue weighted by atomic mass is 16.5. The summed E-state index contributed by atoms with van der Waals surface area (Å²) < 4.78 is 5.63. The summed E-state index contributed by atoms with van der Waals surface area (Å²) in [6.07, 6.45) is 2.66. The maximum Gasteiger partial charge on any atom is 0.0659 e. The highest BCUT2D eigenvalue weighted by molar-refractivity contribution is 5.30. The van der Waals surface area contributed by atoms with Crippen LogP contribution >= 0.6 is 0 Å². The van der Waals surface area contributed by atoms with Crippen molar-refractivity contribution in [2.75, 3.05) is 13.2 Å². The number of nitrogens with two attached hydrogens (primary N) is 1. The molecule has 1 aliphatic rings. The van der Waals surface area contributed by atoms with Crippen LogP contribution in [0.1, 0.15) is 35.6 Å². The molecule has 1 fully saturated rings. The highest BCUT2D eigenvalue weighted by Crippen LogP contribution is 2.29. The van der Waals surface area contributed by atoms with E-state index in [0.29, 0.717) is 6.61 Å². The van der Waals surface area contributed by atoms with Gasteiger partial charge in [-0.15, -0.1) is 0 Å². The molecule has 0 aliphatic heterocycles. The average molecular weight is 219 g/mol. The number of hydrogen-bond donors (Lipinski definition) is 1. The van der Waals surface area contributed by atoms with Crippen LogP contribution in [0.2, 0.25) is 0 Å². The monoisotopic (exact) mass is 219 g/mol. The third kappa shape index (κ3) is 3.32. The maximum atomic E-state index is 6.11. The number of hydrogen-bond acceptors (Lipinski definition) is 2. The second-order valence-electron chi connectivity index (χ2n) is 5.01. The SMILES string of the molecule is Cc1cc(C)cc(C(N)COCC2CC2)c1. The van der Waals surface area contributed by atoms with E-state index in [-0.39, 0.29) is 6.04 Å². The minimum Gasteiger partial charge on any atom is -0.379 e. The molecule has 2 N–H and O–H groups in total. The Morgan fingerprint density at radius 1 is 1.25 bits per heavy atom. The third-order valence-corrected chi connectivity index (χ3v) is 3.02. The van der Waals surface area contributed by atoms with Gasteiger partial charge in [0.05, 0.1) is 12.6 Å². The Morgan fingerprint density at radius 2 is 1.88 bits per heavy atom. The predicted octanol–water partition coefficient (Wildman–Crippen LogP) is 2.73. The van der Waals surface area contributed by atoms with E-state index in [1.165, 1.54) is 29.5 Å². The second kappa shape index (κ2) is 4.98. The van der Waals surface area contributed by atoms with Crippen molar-refractivity contribution in [3.8, 4) is 0 Å². The van der Waals surface area contributed by atoms with E-state index in [2.05, 4.69) is 32.0 Å². The van der Waals surface area contributed by atoms with Crippen molar-refractivity contribution >= 4 is 0 Å². The van der Waals surface area contributed by atoms with Crippen molar-refractivity contribution in [3.63, 3.8) is 0 Å². The third-order valence-electron chi connectivity index (χ3n) is 3.02. The lowest BCUT2D eigenvalue weighted by molar-refractivity contribution is 0.112. The van der Waals surface area contributed by atoms with Gasteiger partial charge in [0.1, 0.15) is 0 Å². The van der Waals surface area contributed by atoms with E-state index in [9.17, 15) is 0 Å². The largest absolute Gasteiger partial charge is 0.379 e. The first kappa shape index (κ1) is 11.6. The summed E-state index contributed by atoms with van der Waals surface area (Å²) >= 11 is 0. The summed E-state index contributed by atoms with van der Waals surface area (Å²) in [6, 6.07) is 6.48. The van der Waals surface area contributed by atoms with Gasteiger partial charge in [-0.3, -0.25) is 0 Å². The Kier molecular flexibility index (Phi) is 3.62. The van der Waals surface area contributed by atoms with Gasteiger partial charge in [-0.05, 0) is 38.2 Å². The van der Waals surface area contributed by atoms with E-state index in [4.69, 9.17) is 10.5 Å². The lowest BCUT2D eigenvalue weighted by Crippen LogP contribution is -2.18. The molecule has 16 heavy (non-hydrogen) atoms. The predicted molar refractivity (Wildman–Crippen MR) is 66.4 cm³/mol. The van der Waals surface area contributed by atoms with Crippen molar-refractivity contribution in [1.82, 2.24) is 0 Å². The molecule has 88 valence electrons. The zero-order valence-corrected chi connectivity index (χ0v) is 10.2. The van der Waals surface area contributed by atoms with E-state index in [1.54, 1.807) is 0 Å². The minimum atomic E-state index is 0.0114. The van der Waals surface area contributed by atoms with Crippen LogP contribution in [0.4, 0.5) is 0 Å². The van der Waals surface area contributed by atoms with Crippen molar-refractivity contribution in [2.24, 2.45) is 11.7 Å². The normalized spacial score (nSPS) is 17.4. The Balaban J connectivity index is 1.88. The summed E-state index contributed by atoms with van der Waals surface area (Å²) in [5, 5.41) is 0. The van der Waals surface area contributed by atoms with Crippen LogP contribution in [-0.2, 0) is 4.74 Å². The first-order valence-electron chi connectivity index (χ1n) is 6.06. The average Bonchev–Trinajstić information content (AvgIpc) is 3.00. The molecular formula is C14H21NO. The molecule has 2 rings (SSSR count). The van der Waals surface area contributed by atoms with Gasteiger partial charge < -0.3 is 10.5 Å². The van der Waals surface area contributed by atoms with Gasteiger partial charge in [-0.1, -0.05) is 29.3 Å². The van der Waals surface area contributed by atoms with Crippen LogP contribution in [0.5, 0.6) is 0 Å². The molecule has 1 aromatic rings. The molecule has 0 saturated heterocycles. The molecule has 1 aromatic carbocycles. The number of aryl methyl sites for hydroxylation is 2. The van der Waals surface area contributed by atoms with Gasteiger partial charge in [0.25, 0.3) is 0 Å².